The summed E-state index contributed by atoms with van der Waals surface area (Å²) in [5.41, 5.74) is -0.896. The van der Waals surface area contributed by atoms with E-state index in [9.17, 15) is 9.90 Å². The molecule has 8 nitrogen and oxygen atoms in total. The first-order chi connectivity index (χ1) is 17.9. The van der Waals surface area contributed by atoms with Gasteiger partial charge in [0.15, 0.2) is 17.1 Å². The topological polar surface area (TPSA) is 86.7 Å². The minimum atomic E-state index is -1.62. The Labute approximate surface area is 215 Å². The summed E-state index contributed by atoms with van der Waals surface area (Å²) >= 11 is 0. The second-order valence-electron chi connectivity index (χ2n) is 9.87. The van der Waals surface area contributed by atoms with E-state index in [1.54, 1.807) is 32.2 Å². The van der Waals surface area contributed by atoms with Crippen LogP contribution in [-0.4, -0.2) is 51.0 Å². The minimum Gasteiger partial charge on any atom is -0.497 e. The molecule has 37 heavy (non-hydrogen) atoms. The molecule has 192 valence electrons. The van der Waals surface area contributed by atoms with Crippen molar-refractivity contribution >= 4 is 5.91 Å². The van der Waals surface area contributed by atoms with E-state index in [1.807, 2.05) is 54.6 Å². The number of hydrogen-bond acceptors (Lipinski definition) is 7. The van der Waals surface area contributed by atoms with Crippen molar-refractivity contribution in [3.05, 3.63) is 77.4 Å². The number of methoxy groups -OCH3 is 2. The molecular weight excluding hydrogens is 474 g/mol. The van der Waals surface area contributed by atoms with Crippen LogP contribution >= 0.6 is 0 Å². The second-order valence-corrected chi connectivity index (χ2v) is 9.87. The van der Waals surface area contributed by atoms with Crippen LogP contribution in [0.4, 0.5) is 0 Å². The zero-order chi connectivity index (χ0) is 25.9. The van der Waals surface area contributed by atoms with Gasteiger partial charge in [0.2, 0.25) is 18.4 Å². The van der Waals surface area contributed by atoms with Gasteiger partial charge in [0, 0.05) is 26.1 Å². The van der Waals surface area contributed by atoms with Crippen molar-refractivity contribution in [2.24, 2.45) is 5.92 Å². The molecule has 1 aliphatic carbocycles. The molecule has 3 aliphatic rings. The highest BCUT2D eigenvalue weighted by Crippen LogP contribution is 2.71. The van der Waals surface area contributed by atoms with Gasteiger partial charge in [-0.05, 0) is 29.7 Å². The summed E-state index contributed by atoms with van der Waals surface area (Å²) in [7, 11) is 6.60. The molecular formula is C29H29NO7. The first-order valence-electron chi connectivity index (χ1n) is 12.2. The summed E-state index contributed by atoms with van der Waals surface area (Å²) in [4.78, 5) is 15.3. The summed E-state index contributed by atoms with van der Waals surface area (Å²) in [5, 5.41) is 12.9. The van der Waals surface area contributed by atoms with Crippen LogP contribution < -0.4 is 23.7 Å². The van der Waals surface area contributed by atoms with Gasteiger partial charge >= 0.3 is 0 Å². The van der Waals surface area contributed by atoms with Crippen molar-refractivity contribution in [3.8, 4) is 28.7 Å². The number of rotatable bonds is 5. The Hall–Kier alpha value is -3.91. The molecule has 1 saturated carbocycles. The van der Waals surface area contributed by atoms with Crippen LogP contribution in [0.15, 0.2) is 60.7 Å². The molecule has 0 bridgehead atoms. The van der Waals surface area contributed by atoms with E-state index < -0.39 is 23.0 Å². The Morgan fingerprint density at radius 1 is 1.00 bits per heavy atom. The number of amides is 1. The quantitative estimate of drug-likeness (QED) is 0.567. The SMILES string of the molecule is COc1ccc(C23Oc4cc5c(c(OC)c4C2(O)C[C@H](C(=O)N(C)C)C3c2ccccc2)OCO5)cc1. The number of nitrogens with zero attached hydrogens (tertiary/aromatic N) is 1. The van der Waals surface area contributed by atoms with Crippen molar-refractivity contribution in [2.75, 3.05) is 35.1 Å². The molecule has 3 aromatic rings. The maximum atomic E-state index is 13.7. The molecule has 2 aliphatic heterocycles. The fourth-order valence-corrected chi connectivity index (χ4v) is 6.40. The fraction of sp³-hybridized carbons (Fsp3) is 0.345. The average Bonchev–Trinajstić information content (AvgIpc) is 3.55. The number of carbonyl (C=O) groups excluding carboxylic acids is 1. The summed E-state index contributed by atoms with van der Waals surface area (Å²) in [6, 6.07) is 19.0. The molecule has 0 aromatic heterocycles. The zero-order valence-electron chi connectivity index (χ0n) is 21.2. The minimum absolute atomic E-state index is 0.0466. The van der Waals surface area contributed by atoms with Crippen molar-refractivity contribution in [1.29, 1.82) is 0 Å². The van der Waals surface area contributed by atoms with E-state index in [2.05, 4.69) is 0 Å². The number of ether oxygens (including phenoxy) is 5. The van der Waals surface area contributed by atoms with Gasteiger partial charge in [-0.25, -0.2) is 0 Å². The van der Waals surface area contributed by atoms with Crippen LogP contribution in [0.25, 0.3) is 0 Å². The van der Waals surface area contributed by atoms with Gasteiger partial charge in [0.1, 0.15) is 17.1 Å². The van der Waals surface area contributed by atoms with Gasteiger partial charge in [-0.2, -0.15) is 0 Å². The molecule has 0 radical (unpaired) electrons. The Morgan fingerprint density at radius 3 is 2.38 bits per heavy atom. The van der Waals surface area contributed by atoms with E-state index in [0.29, 0.717) is 34.3 Å². The van der Waals surface area contributed by atoms with Crippen LogP contribution in [0.3, 0.4) is 0 Å². The van der Waals surface area contributed by atoms with Crippen LogP contribution in [0.5, 0.6) is 28.7 Å². The first kappa shape index (κ1) is 23.5. The summed E-state index contributed by atoms with van der Waals surface area (Å²) in [6.45, 7) is 0.0466. The third kappa shape index (κ3) is 3.08. The molecule has 8 heteroatoms. The molecule has 1 fully saturated rings. The summed E-state index contributed by atoms with van der Waals surface area (Å²) in [5.74, 6) is 1.19. The van der Waals surface area contributed by atoms with Gasteiger partial charge in [0.25, 0.3) is 0 Å². The van der Waals surface area contributed by atoms with E-state index in [0.717, 1.165) is 11.1 Å². The maximum Gasteiger partial charge on any atom is 0.231 e. The van der Waals surface area contributed by atoms with Crippen LogP contribution in [-0.2, 0) is 16.0 Å². The number of fused-ring (bicyclic) bond motifs is 4. The normalized spacial score (nSPS) is 26.7. The molecule has 2 heterocycles. The number of benzene rings is 3. The Balaban J connectivity index is 1.67. The van der Waals surface area contributed by atoms with Crippen molar-refractivity contribution in [1.82, 2.24) is 4.90 Å². The fourth-order valence-electron chi connectivity index (χ4n) is 6.40. The smallest absolute Gasteiger partial charge is 0.231 e. The molecule has 1 N–H and O–H groups in total. The lowest BCUT2D eigenvalue weighted by molar-refractivity contribution is -0.134. The molecule has 3 aromatic carbocycles. The highest BCUT2D eigenvalue weighted by molar-refractivity contribution is 5.82. The number of carbonyl (C=O) groups is 1. The van der Waals surface area contributed by atoms with Gasteiger partial charge < -0.3 is 33.7 Å². The Kier molecular flexibility index (Phi) is 5.28. The Morgan fingerprint density at radius 2 is 1.73 bits per heavy atom. The van der Waals surface area contributed by atoms with Crippen LogP contribution in [0.2, 0.25) is 0 Å². The van der Waals surface area contributed by atoms with E-state index in [-0.39, 0.29) is 19.1 Å². The van der Waals surface area contributed by atoms with E-state index in [1.165, 1.54) is 7.11 Å². The number of hydrogen-bond donors (Lipinski definition) is 1. The monoisotopic (exact) mass is 503 g/mol. The van der Waals surface area contributed by atoms with Gasteiger partial charge in [-0.1, -0.05) is 42.5 Å². The molecule has 1 amide bonds. The van der Waals surface area contributed by atoms with E-state index in [4.69, 9.17) is 23.7 Å². The predicted octanol–water partition coefficient (Wildman–Crippen LogP) is 3.80. The highest BCUT2D eigenvalue weighted by atomic mass is 16.7. The standard InChI is InChI=1S/C29H29NO7/c1-30(2)27(31)20-15-28(32)24-21(14-22-25(26(24)34-4)36-16-35-22)37-29(28,18-10-12-19(33-3)13-11-18)23(20)17-8-6-5-7-9-17/h5-14,20,23,32H,15-16H2,1-4H3/t20-,23?,28?,29?/m0/s1. The highest BCUT2D eigenvalue weighted by Gasteiger charge is 2.74. The Bertz CT molecular complexity index is 1360. The number of aliphatic hydroxyl groups is 1. The van der Waals surface area contributed by atoms with Crippen LogP contribution in [0.1, 0.15) is 29.0 Å². The third-order valence-corrected chi connectivity index (χ3v) is 7.88. The zero-order valence-corrected chi connectivity index (χ0v) is 21.2. The van der Waals surface area contributed by atoms with Crippen molar-refractivity contribution < 1.29 is 33.6 Å². The van der Waals surface area contributed by atoms with Crippen molar-refractivity contribution in [3.63, 3.8) is 0 Å². The second kappa shape index (κ2) is 8.31. The third-order valence-electron chi connectivity index (χ3n) is 7.88. The molecule has 0 spiro atoms. The molecule has 4 atom stereocenters. The largest absolute Gasteiger partial charge is 0.497 e. The average molecular weight is 504 g/mol. The van der Waals surface area contributed by atoms with Crippen LogP contribution in [0, 0.1) is 5.92 Å². The lowest BCUT2D eigenvalue weighted by Gasteiger charge is -2.41. The lowest BCUT2D eigenvalue weighted by Crippen LogP contribution is -2.48. The molecule has 6 rings (SSSR count). The van der Waals surface area contributed by atoms with E-state index >= 15 is 0 Å². The lowest BCUT2D eigenvalue weighted by atomic mass is 9.70. The summed E-state index contributed by atoms with van der Waals surface area (Å²) < 4.78 is 29.5. The first-order valence-corrected chi connectivity index (χ1v) is 12.2. The predicted molar refractivity (Wildman–Crippen MR) is 134 cm³/mol. The summed E-state index contributed by atoms with van der Waals surface area (Å²) in [6.07, 6.45) is 0.124. The van der Waals surface area contributed by atoms with Crippen molar-refractivity contribution in [2.45, 2.75) is 23.5 Å². The molecule has 0 saturated heterocycles. The van der Waals surface area contributed by atoms with Gasteiger partial charge in [-0.15, -0.1) is 0 Å². The van der Waals surface area contributed by atoms with Gasteiger partial charge in [-0.3, -0.25) is 4.79 Å². The van der Waals surface area contributed by atoms with Gasteiger partial charge in [0.05, 0.1) is 25.7 Å². The molecule has 3 unspecified atom stereocenters. The maximum absolute atomic E-state index is 13.7.